The summed E-state index contributed by atoms with van der Waals surface area (Å²) >= 11 is 0. The zero-order chi connectivity index (χ0) is 10.3. The molecule has 0 spiro atoms. The second-order valence-corrected chi connectivity index (χ2v) is 5.18. The molecule has 80 valence electrons. The van der Waals surface area contributed by atoms with E-state index in [2.05, 4.69) is 23.8 Å². The maximum Gasteiger partial charge on any atom is 0.222 e. The first-order chi connectivity index (χ1) is 6.55. The number of carbonyl (C=O) groups excluding carboxylic acids is 1. The number of carbonyl (C=O) groups is 1. The van der Waals surface area contributed by atoms with Crippen molar-refractivity contribution in [2.24, 2.45) is 11.3 Å². The average molecular weight is 196 g/mol. The van der Waals surface area contributed by atoms with Gasteiger partial charge >= 0.3 is 0 Å². The molecule has 1 unspecified atom stereocenters. The third-order valence-corrected chi connectivity index (χ3v) is 3.80. The van der Waals surface area contributed by atoms with Crippen molar-refractivity contribution in [1.82, 2.24) is 9.80 Å². The van der Waals surface area contributed by atoms with E-state index in [9.17, 15) is 4.79 Å². The van der Waals surface area contributed by atoms with Crippen molar-refractivity contribution in [3.05, 3.63) is 0 Å². The first kappa shape index (κ1) is 9.97. The molecule has 14 heavy (non-hydrogen) atoms. The van der Waals surface area contributed by atoms with E-state index in [1.54, 1.807) is 0 Å². The fourth-order valence-corrected chi connectivity index (χ4v) is 3.04. The molecule has 0 aromatic heterocycles. The number of likely N-dealkylation sites (tertiary alicyclic amines) is 2. The molecular weight excluding hydrogens is 176 g/mol. The minimum Gasteiger partial charge on any atom is -0.342 e. The van der Waals surface area contributed by atoms with Crippen LogP contribution in [0.5, 0.6) is 0 Å². The minimum atomic E-state index is 0.322. The molecule has 2 aliphatic rings. The first-order valence-electron chi connectivity index (χ1n) is 5.51. The van der Waals surface area contributed by atoms with Crippen LogP contribution < -0.4 is 0 Å². The summed E-state index contributed by atoms with van der Waals surface area (Å²) in [5.74, 6) is 1.02. The van der Waals surface area contributed by atoms with Gasteiger partial charge in [0.25, 0.3) is 0 Å². The predicted molar refractivity (Wildman–Crippen MR) is 56.0 cm³/mol. The van der Waals surface area contributed by atoms with Gasteiger partial charge in [0, 0.05) is 38.0 Å². The van der Waals surface area contributed by atoms with Crippen LogP contribution in [-0.2, 0) is 4.79 Å². The molecular formula is C11H20N2O. The van der Waals surface area contributed by atoms with Gasteiger partial charge in [-0.25, -0.2) is 0 Å². The number of fused-ring (bicyclic) bond motifs is 1. The molecule has 2 fully saturated rings. The van der Waals surface area contributed by atoms with E-state index in [0.717, 1.165) is 26.2 Å². The highest BCUT2D eigenvalue weighted by Gasteiger charge is 2.48. The van der Waals surface area contributed by atoms with Gasteiger partial charge in [0.15, 0.2) is 0 Å². The van der Waals surface area contributed by atoms with Crippen LogP contribution in [0.15, 0.2) is 0 Å². The summed E-state index contributed by atoms with van der Waals surface area (Å²) in [4.78, 5) is 16.0. The summed E-state index contributed by atoms with van der Waals surface area (Å²) in [6.07, 6.45) is 0.651. The van der Waals surface area contributed by atoms with Crippen LogP contribution in [0.4, 0.5) is 0 Å². The molecule has 0 bridgehead atoms. The zero-order valence-corrected chi connectivity index (χ0v) is 9.42. The number of amides is 1. The molecule has 2 saturated heterocycles. The first-order valence-corrected chi connectivity index (χ1v) is 5.51. The van der Waals surface area contributed by atoms with Crippen molar-refractivity contribution in [2.75, 3.05) is 33.2 Å². The number of nitrogens with zero attached hydrogens (tertiary/aromatic N) is 2. The maximum atomic E-state index is 11.6. The third-order valence-electron chi connectivity index (χ3n) is 3.80. The molecule has 2 atom stereocenters. The molecule has 0 aliphatic carbocycles. The highest BCUT2D eigenvalue weighted by Crippen LogP contribution is 2.41. The van der Waals surface area contributed by atoms with Crippen LogP contribution >= 0.6 is 0 Å². The van der Waals surface area contributed by atoms with Crippen LogP contribution in [0.25, 0.3) is 0 Å². The van der Waals surface area contributed by atoms with E-state index in [0.29, 0.717) is 23.7 Å². The number of rotatable bonds is 1. The lowest BCUT2D eigenvalue weighted by molar-refractivity contribution is -0.130. The molecule has 3 nitrogen and oxygen atoms in total. The van der Waals surface area contributed by atoms with Gasteiger partial charge < -0.3 is 9.80 Å². The Kier molecular flexibility index (Phi) is 2.30. The molecule has 2 rings (SSSR count). The summed E-state index contributed by atoms with van der Waals surface area (Å²) < 4.78 is 0. The quantitative estimate of drug-likeness (QED) is 0.619. The van der Waals surface area contributed by atoms with Crippen LogP contribution in [0, 0.1) is 11.3 Å². The Morgan fingerprint density at radius 2 is 2.14 bits per heavy atom. The Morgan fingerprint density at radius 1 is 1.43 bits per heavy atom. The molecule has 0 aromatic carbocycles. The molecule has 0 N–H and O–H groups in total. The van der Waals surface area contributed by atoms with Gasteiger partial charge in [0.2, 0.25) is 5.91 Å². The Hall–Kier alpha value is -0.570. The van der Waals surface area contributed by atoms with Crippen molar-refractivity contribution in [2.45, 2.75) is 20.3 Å². The standard InChI is InChI=1S/C11H20N2O/c1-4-10(14)13-6-9-5-12(3)7-11(9,2)8-13/h9H,4-8H2,1-3H3/t9?,11-/m1/s1. The van der Waals surface area contributed by atoms with Crippen molar-refractivity contribution in [1.29, 1.82) is 0 Å². The number of hydrogen-bond donors (Lipinski definition) is 0. The molecule has 0 radical (unpaired) electrons. The predicted octanol–water partition coefficient (Wildman–Crippen LogP) is 0.806. The van der Waals surface area contributed by atoms with Crippen LogP contribution in [-0.4, -0.2) is 48.9 Å². The smallest absolute Gasteiger partial charge is 0.222 e. The van der Waals surface area contributed by atoms with Crippen LogP contribution in [0.3, 0.4) is 0 Å². The molecule has 1 amide bonds. The average Bonchev–Trinajstić information content (AvgIpc) is 2.54. The van der Waals surface area contributed by atoms with Crippen LogP contribution in [0.2, 0.25) is 0 Å². The highest BCUT2D eigenvalue weighted by atomic mass is 16.2. The Labute approximate surface area is 86.1 Å². The maximum absolute atomic E-state index is 11.6. The third kappa shape index (κ3) is 1.44. The fourth-order valence-electron chi connectivity index (χ4n) is 3.04. The second kappa shape index (κ2) is 3.23. The Balaban J connectivity index is 2.05. The van der Waals surface area contributed by atoms with Crippen LogP contribution in [0.1, 0.15) is 20.3 Å². The highest BCUT2D eigenvalue weighted by molar-refractivity contribution is 5.76. The van der Waals surface area contributed by atoms with E-state index in [-0.39, 0.29) is 0 Å². The summed E-state index contributed by atoms with van der Waals surface area (Å²) in [7, 11) is 2.18. The van der Waals surface area contributed by atoms with Gasteiger partial charge in [-0.2, -0.15) is 0 Å². The molecule has 3 heteroatoms. The van der Waals surface area contributed by atoms with Crippen molar-refractivity contribution in [3.8, 4) is 0 Å². The van der Waals surface area contributed by atoms with E-state index >= 15 is 0 Å². The van der Waals surface area contributed by atoms with Crippen molar-refractivity contribution >= 4 is 5.91 Å². The largest absolute Gasteiger partial charge is 0.342 e. The van der Waals surface area contributed by atoms with Gasteiger partial charge in [0.1, 0.15) is 0 Å². The topological polar surface area (TPSA) is 23.6 Å². The molecule has 0 aromatic rings. The lowest BCUT2D eigenvalue weighted by Gasteiger charge is -2.23. The molecule has 2 heterocycles. The Morgan fingerprint density at radius 3 is 2.71 bits per heavy atom. The van der Waals surface area contributed by atoms with E-state index in [1.165, 1.54) is 0 Å². The van der Waals surface area contributed by atoms with E-state index < -0.39 is 0 Å². The van der Waals surface area contributed by atoms with Gasteiger partial charge in [-0.05, 0) is 13.0 Å². The van der Waals surface area contributed by atoms with Crippen molar-refractivity contribution < 1.29 is 4.79 Å². The monoisotopic (exact) mass is 196 g/mol. The van der Waals surface area contributed by atoms with E-state index in [1.807, 2.05) is 6.92 Å². The zero-order valence-electron chi connectivity index (χ0n) is 9.42. The molecule has 2 aliphatic heterocycles. The van der Waals surface area contributed by atoms with Crippen molar-refractivity contribution in [3.63, 3.8) is 0 Å². The summed E-state index contributed by atoms with van der Waals surface area (Å²) in [6, 6.07) is 0. The normalized spacial score (nSPS) is 37.6. The number of hydrogen-bond acceptors (Lipinski definition) is 2. The van der Waals surface area contributed by atoms with E-state index in [4.69, 9.17) is 0 Å². The van der Waals surface area contributed by atoms with Gasteiger partial charge in [-0.1, -0.05) is 13.8 Å². The fraction of sp³-hybridized carbons (Fsp3) is 0.909. The lowest BCUT2D eigenvalue weighted by Crippen LogP contribution is -2.34. The molecule has 0 saturated carbocycles. The SMILES string of the molecule is CCC(=O)N1CC2CN(C)C[C@]2(C)C1. The van der Waals surface area contributed by atoms with Gasteiger partial charge in [0.05, 0.1) is 0 Å². The summed E-state index contributed by atoms with van der Waals surface area (Å²) in [5.41, 5.74) is 0.361. The van der Waals surface area contributed by atoms with Gasteiger partial charge in [-0.15, -0.1) is 0 Å². The summed E-state index contributed by atoms with van der Waals surface area (Å²) in [5, 5.41) is 0. The summed E-state index contributed by atoms with van der Waals surface area (Å²) in [6.45, 7) is 8.52. The lowest BCUT2D eigenvalue weighted by atomic mass is 9.83. The minimum absolute atomic E-state index is 0.322. The second-order valence-electron chi connectivity index (χ2n) is 5.18. The Bertz CT molecular complexity index is 254. The van der Waals surface area contributed by atoms with Gasteiger partial charge in [-0.3, -0.25) is 4.79 Å².